The van der Waals surface area contributed by atoms with Crippen molar-refractivity contribution in [2.45, 2.75) is 12.0 Å². The standard InChI is InChI=1S/C20H16O/c1-3-9-15(10-4-1)19-17-13-7-8-14-18(17)21-20(19)16-11-5-2-6-12-16/h1-14,19-20H/t19-,20-/m0/s1. The predicted molar refractivity (Wildman–Crippen MR) is 84.5 cm³/mol. The zero-order chi connectivity index (χ0) is 14.1. The van der Waals surface area contributed by atoms with E-state index in [9.17, 15) is 0 Å². The third-order valence-electron chi connectivity index (χ3n) is 4.10. The first-order valence-electron chi connectivity index (χ1n) is 7.29. The number of rotatable bonds is 2. The van der Waals surface area contributed by atoms with Crippen molar-refractivity contribution in [3.8, 4) is 5.75 Å². The van der Waals surface area contributed by atoms with Crippen LogP contribution in [0.1, 0.15) is 28.7 Å². The summed E-state index contributed by atoms with van der Waals surface area (Å²) in [6.07, 6.45) is 0.0472. The maximum absolute atomic E-state index is 6.26. The average Bonchev–Trinajstić information content (AvgIpc) is 2.96. The third kappa shape index (κ3) is 2.11. The van der Waals surface area contributed by atoms with Gasteiger partial charge in [-0.3, -0.25) is 0 Å². The number of benzene rings is 3. The minimum absolute atomic E-state index is 0.0472. The molecule has 1 heterocycles. The van der Waals surface area contributed by atoms with Crippen LogP contribution in [0, 0.1) is 0 Å². The van der Waals surface area contributed by atoms with Gasteiger partial charge in [0, 0.05) is 5.56 Å². The molecule has 0 aromatic heterocycles. The number of para-hydroxylation sites is 1. The van der Waals surface area contributed by atoms with Gasteiger partial charge in [-0.1, -0.05) is 78.9 Å². The fourth-order valence-electron chi connectivity index (χ4n) is 3.13. The van der Waals surface area contributed by atoms with E-state index in [1.807, 2.05) is 12.1 Å². The van der Waals surface area contributed by atoms with Crippen LogP contribution in [-0.4, -0.2) is 0 Å². The van der Waals surface area contributed by atoms with E-state index >= 15 is 0 Å². The largest absolute Gasteiger partial charge is 0.484 e. The molecular weight excluding hydrogens is 256 g/mol. The number of ether oxygens (including phenoxy) is 1. The molecule has 3 aromatic carbocycles. The first kappa shape index (κ1) is 12.2. The zero-order valence-corrected chi connectivity index (χ0v) is 11.6. The molecule has 3 aromatic rings. The molecule has 4 rings (SSSR count). The average molecular weight is 272 g/mol. The van der Waals surface area contributed by atoms with E-state index < -0.39 is 0 Å². The Balaban J connectivity index is 1.85. The second-order valence-electron chi connectivity index (χ2n) is 5.38. The maximum Gasteiger partial charge on any atom is 0.135 e. The minimum atomic E-state index is 0.0472. The van der Waals surface area contributed by atoms with E-state index in [4.69, 9.17) is 4.74 Å². The van der Waals surface area contributed by atoms with E-state index in [-0.39, 0.29) is 12.0 Å². The lowest BCUT2D eigenvalue weighted by molar-refractivity contribution is 0.222. The van der Waals surface area contributed by atoms with Gasteiger partial charge in [-0.05, 0) is 17.2 Å². The highest BCUT2D eigenvalue weighted by molar-refractivity contribution is 5.48. The molecule has 0 unspecified atom stereocenters. The van der Waals surface area contributed by atoms with Gasteiger partial charge in [-0.15, -0.1) is 0 Å². The molecule has 0 fully saturated rings. The van der Waals surface area contributed by atoms with Crippen molar-refractivity contribution < 1.29 is 4.74 Å². The summed E-state index contributed by atoms with van der Waals surface area (Å²) < 4.78 is 6.26. The molecule has 1 heteroatoms. The summed E-state index contributed by atoms with van der Waals surface area (Å²) >= 11 is 0. The van der Waals surface area contributed by atoms with E-state index in [2.05, 4.69) is 72.8 Å². The van der Waals surface area contributed by atoms with Crippen LogP contribution in [0.2, 0.25) is 0 Å². The smallest absolute Gasteiger partial charge is 0.135 e. The van der Waals surface area contributed by atoms with Crippen LogP contribution < -0.4 is 4.74 Å². The van der Waals surface area contributed by atoms with Crippen molar-refractivity contribution in [2.24, 2.45) is 0 Å². The molecule has 0 spiro atoms. The van der Waals surface area contributed by atoms with Crippen LogP contribution in [0.4, 0.5) is 0 Å². The molecule has 2 atom stereocenters. The Morgan fingerprint density at radius 1 is 0.571 bits per heavy atom. The van der Waals surface area contributed by atoms with Crippen molar-refractivity contribution in [1.82, 2.24) is 0 Å². The van der Waals surface area contributed by atoms with Gasteiger partial charge in [0.1, 0.15) is 11.9 Å². The first-order valence-corrected chi connectivity index (χ1v) is 7.29. The van der Waals surface area contributed by atoms with Gasteiger partial charge in [0.25, 0.3) is 0 Å². The Morgan fingerprint density at radius 3 is 1.86 bits per heavy atom. The summed E-state index contributed by atoms with van der Waals surface area (Å²) in [5, 5.41) is 0. The molecule has 0 bridgehead atoms. The Morgan fingerprint density at radius 2 is 1.14 bits per heavy atom. The van der Waals surface area contributed by atoms with Gasteiger partial charge in [-0.2, -0.15) is 0 Å². The first-order chi connectivity index (χ1) is 10.4. The van der Waals surface area contributed by atoms with Crippen LogP contribution in [-0.2, 0) is 0 Å². The molecule has 21 heavy (non-hydrogen) atoms. The van der Waals surface area contributed by atoms with Gasteiger partial charge in [-0.25, -0.2) is 0 Å². The molecule has 1 aliphatic heterocycles. The van der Waals surface area contributed by atoms with E-state index in [0.717, 1.165) is 5.75 Å². The molecule has 0 saturated heterocycles. The van der Waals surface area contributed by atoms with Crippen molar-refractivity contribution in [3.05, 3.63) is 102 Å². The fraction of sp³-hybridized carbons (Fsp3) is 0.100. The van der Waals surface area contributed by atoms with Crippen molar-refractivity contribution in [2.75, 3.05) is 0 Å². The van der Waals surface area contributed by atoms with Crippen LogP contribution in [0.15, 0.2) is 84.9 Å². The van der Waals surface area contributed by atoms with Gasteiger partial charge in [0.05, 0.1) is 5.92 Å². The number of hydrogen-bond acceptors (Lipinski definition) is 1. The molecule has 0 amide bonds. The van der Waals surface area contributed by atoms with Gasteiger partial charge < -0.3 is 4.74 Å². The lowest BCUT2D eigenvalue weighted by Crippen LogP contribution is -2.11. The monoisotopic (exact) mass is 272 g/mol. The molecule has 1 nitrogen and oxygen atoms in total. The normalized spacial score (nSPS) is 19.8. The summed E-state index contributed by atoms with van der Waals surface area (Å²) in [7, 11) is 0. The SMILES string of the molecule is c1ccc([C@H]2c3ccccc3O[C@H]2c2ccccc2)cc1. The molecule has 0 radical (unpaired) electrons. The quantitative estimate of drug-likeness (QED) is 0.641. The second kappa shape index (κ2) is 5.10. The highest BCUT2D eigenvalue weighted by Gasteiger charge is 2.36. The topological polar surface area (TPSA) is 9.23 Å². The third-order valence-corrected chi connectivity index (χ3v) is 4.10. The lowest BCUT2D eigenvalue weighted by Gasteiger charge is -2.20. The minimum Gasteiger partial charge on any atom is -0.484 e. The summed E-state index contributed by atoms with van der Waals surface area (Å²) in [4.78, 5) is 0. The van der Waals surface area contributed by atoms with Gasteiger partial charge in [0.2, 0.25) is 0 Å². The molecule has 0 saturated carbocycles. The highest BCUT2D eigenvalue weighted by Crippen LogP contribution is 2.49. The Hall–Kier alpha value is -2.54. The molecular formula is C20H16O. The highest BCUT2D eigenvalue weighted by atomic mass is 16.5. The summed E-state index contributed by atoms with van der Waals surface area (Å²) in [6.45, 7) is 0. The van der Waals surface area contributed by atoms with Crippen molar-refractivity contribution >= 4 is 0 Å². The summed E-state index contributed by atoms with van der Waals surface area (Å²) in [5.74, 6) is 1.25. The summed E-state index contributed by atoms with van der Waals surface area (Å²) in [5.41, 5.74) is 3.80. The second-order valence-corrected chi connectivity index (χ2v) is 5.38. The van der Waals surface area contributed by atoms with Crippen LogP contribution in [0.25, 0.3) is 0 Å². The number of hydrogen-bond donors (Lipinski definition) is 0. The zero-order valence-electron chi connectivity index (χ0n) is 11.6. The van der Waals surface area contributed by atoms with Crippen molar-refractivity contribution in [3.63, 3.8) is 0 Å². The maximum atomic E-state index is 6.26. The van der Waals surface area contributed by atoms with Crippen molar-refractivity contribution in [1.29, 1.82) is 0 Å². The Kier molecular flexibility index (Phi) is 2.97. The predicted octanol–water partition coefficient (Wildman–Crippen LogP) is 4.95. The molecule has 102 valence electrons. The molecule has 1 aliphatic rings. The lowest BCUT2D eigenvalue weighted by atomic mass is 9.85. The van der Waals surface area contributed by atoms with Crippen LogP contribution in [0.3, 0.4) is 0 Å². The fourth-order valence-corrected chi connectivity index (χ4v) is 3.13. The van der Waals surface area contributed by atoms with E-state index in [1.54, 1.807) is 0 Å². The van der Waals surface area contributed by atoms with Gasteiger partial charge >= 0.3 is 0 Å². The molecule has 0 aliphatic carbocycles. The Labute approximate surface area is 124 Å². The molecule has 0 N–H and O–H groups in total. The Bertz CT molecular complexity index is 734. The summed E-state index contributed by atoms with van der Waals surface area (Å²) in [6, 6.07) is 29.5. The van der Waals surface area contributed by atoms with Gasteiger partial charge in [0.15, 0.2) is 0 Å². The number of fused-ring (bicyclic) bond motifs is 1. The van der Waals surface area contributed by atoms with Crippen LogP contribution >= 0.6 is 0 Å². The van der Waals surface area contributed by atoms with Crippen LogP contribution in [0.5, 0.6) is 5.75 Å². The van der Waals surface area contributed by atoms with E-state index in [0.29, 0.717) is 0 Å². The van der Waals surface area contributed by atoms with E-state index in [1.165, 1.54) is 16.7 Å².